The van der Waals surface area contributed by atoms with Crippen LogP contribution in [0.15, 0.2) is 18.2 Å². The molecule has 2 N–H and O–H groups in total. The molecule has 0 aliphatic heterocycles. The van der Waals surface area contributed by atoms with E-state index in [-0.39, 0.29) is 0 Å². The van der Waals surface area contributed by atoms with E-state index in [2.05, 4.69) is 24.3 Å². The van der Waals surface area contributed by atoms with Gasteiger partial charge in [0.2, 0.25) is 0 Å². The molecule has 2 aromatic heterocycles. The summed E-state index contributed by atoms with van der Waals surface area (Å²) in [5.41, 5.74) is 10.6. The first-order valence-electron chi connectivity index (χ1n) is 6.98. The Morgan fingerprint density at radius 2 is 2.10 bits per heavy atom. The van der Waals surface area contributed by atoms with Crippen LogP contribution in [0.2, 0.25) is 0 Å². The van der Waals surface area contributed by atoms with Gasteiger partial charge in [-0.3, -0.25) is 4.40 Å². The summed E-state index contributed by atoms with van der Waals surface area (Å²) < 4.78 is 7.39. The fourth-order valence-corrected chi connectivity index (χ4v) is 3.80. The molecule has 0 fully saturated rings. The first kappa shape index (κ1) is 13.9. The molecule has 5 heteroatoms. The van der Waals surface area contributed by atoms with Gasteiger partial charge in [0.05, 0.1) is 7.11 Å². The predicted molar refractivity (Wildman–Crippen MR) is 88.3 cm³/mol. The van der Waals surface area contributed by atoms with Crippen molar-refractivity contribution in [1.82, 2.24) is 9.38 Å². The largest absolute Gasteiger partial charge is 0.496 e. The summed E-state index contributed by atoms with van der Waals surface area (Å²) in [6, 6.07) is 6.04. The Morgan fingerprint density at radius 3 is 2.71 bits per heavy atom. The maximum Gasteiger partial charge on any atom is 0.196 e. The van der Waals surface area contributed by atoms with Crippen LogP contribution in [0.3, 0.4) is 0 Å². The first-order valence-corrected chi connectivity index (χ1v) is 7.79. The molecule has 110 valence electrons. The lowest BCUT2D eigenvalue weighted by molar-refractivity contribution is 0.412. The highest BCUT2D eigenvalue weighted by Crippen LogP contribution is 2.34. The van der Waals surface area contributed by atoms with Crippen LogP contribution < -0.4 is 10.5 Å². The van der Waals surface area contributed by atoms with Crippen molar-refractivity contribution >= 4 is 22.1 Å². The number of benzene rings is 1. The average molecular weight is 301 g/mol. The van der Waals surface area contributed by atoms with Crippen molar-refractivity contribution in [3.8, 4) is 17.0 Å². The van der Waals surface area contributed by atoms with Crippen molar-refractivity contribution in [3.05, 3.63) is 34.3 Å². The van der Waals surface area contributed by atoms with E-state index in [0.717, 1.165) is 39.8 Å². The lowest BCUT2D eigenvalue weighted by atomic mass is 10.1. The highest BCUT2D eigenvalue weighted by atomic mass is 32.1. The van der Waals surface area contributed by atoms with Crippen LogP contribution in [0.1, 0.15) is 23.1 Å². The Labute approximate surface area is 128 Å². The number of nitrogen functional groups attached to an aromatic ring is 1. The Bertz CT molecular complexity index is 817. The number of anilines is 1. The monoisotopic (exact) mass is 301 g/mol. The second-order valence-electron chi connectivity index (χ2n) is 5.11. The lowest BCUT2D eigenvalue weighted by Gasteiger charge is -2.07. The molecular weight excluding hydrogens is 282 g/mol. The molecule has 3 rings (SSSR count). The van der Waals surface area contributed by atoms with Crippen LogP contribution >= 0.6 is 11.3 Å². The van der Waals surface area contributed by atoms with Gasteiger partial charge in [0.25, 0.3) is 0 Å². The molecular formula is C16H19N3OS. The van der Waals surface area contributed by atoms with Crippen LogP contribution in [-0.4, -0.2) is 16.5 Å². The van der Waals surface area contributed by atoms with Gasteiger partial charge in [-0.05, 0) is 44.0 Å². The smallest absolute Gasteiger partial charge is 0.196 e. The van der Waals surface area contributed by atoms with Crippen molar-refractivity contribution in [2.75, 3.05) is 12.8 Å². The Morgan fingerprint density at radius 1 is 1.33 bits per heavy atom. The number of hydrogen-bond acceptors (Lipinski definition) is 4. The van der Waals surface area contributed by atoms with E-state index in [0.29, 0.717) is 0 Å². The number of rotatable bonds is 3. The molecule has 3 aromatic rings. The zero-order valence-electron chi connectivity index (χ0n) is 12.7. The summed E-state index contributed by atoms with van der Waals surface area (Å²) in [7, 11) is 1.68. The van der Waals surface area contributed by atoms with Crippen LogP contribution in [0.4, 0.5) is 5.82 Å². The van der Waals surface area contributed by atoms with Crippen LogP contribution in [0, 0.1) is 13.8 Å². The van der Waals surface area contributed by atoms with Gasteiger partial charge < -0.3 is 10.5 Å². The highest BCUT2D eigenvalue weighted by molar-refractivity contribution is 7.17. The highest BCUT2D eigenvalue weighted by Gasteiger charge is 2.17. The minimum absolute atomic E-state index is 0.718. The topological polar surface area (TPSA) is 52.5 Å². The zero-order chi connectivity index (χ0) is 15.1. The van der Waals surface area contributed by atoms with Gasteiger partial charge in [0, 0.05) is 16.1 Å². The Balaban J connectivity index is 2.19. The third-order valence-corrected chi connectivity index (χ3v) is 4.80. The molecule has 0 saturated heterocycles. The van der Waals surface area contributed by atoms with Crippen molar-refractivity contribution in [3.63, 3.8) is 0 Å². The summed E-state index contributed by atoms with van der Waals surface area (Å²) in [4.78, 5) is 6.97. The van der Waals surface area contributed by atoms with Gasteiger partial charge in [-0.1, -0.05) is 6.92 Å². The molecule has 0 unspecified atom stereocenters. The quantitative estimate of drug-likeness (QED) is 0.800. The number of fused-ring (bicyclic) bond motifs is 1. The zero-order valence-corrected chi connectivity index (χ0v) is 13.5. The van der Waals surface area contributed by atoms with Crippen LogP contribution in [0.5, 0.6) is 5.75 Å². The number of methoxy groups -OCH3 is 1. The van der Waals surface area contributed by atoms with E-state index >= 15 is 0 Å². The van der Waals surface area contributed by atoms with E-state index < -0.39 is 0 Å². The Kier molecular flexibility index (Phi) is 3.37. The number of aryl methyl sites for hydroxylation is 3. The fourth-order valence-electron chi connectivity index (χ4n) is 2.74. The third kappa shape index (κ3) is 2.08. The Hall–Kier alpha value is -2.01. The maximum atomic E-state index is 6.36. The van der Waals surface area contributed by atoms with Crippen molar-refractivity contribution < 1.29 is 4.74 Å². The summed E-state index contributed by atoms with van der Waals surface area (Å²) in [5.74, 6) is 1.60. The van der Waals surface area contributed by atoms with Crippen LogP contribution in [-0.2, 0) is 6.42 Å². The molecule has 0 bridgehead atoms. The van der Waals surface area contributed by atoms with E-state index in [1.54, 1.807) is 18.4 Å². The fraction of sp³-hybridized carbons (Fsp3) is 0.312. The second kappa shape index (κ2) is 5.07. The molecule has 0 spiro atoms. The maximum absolute atomic E-state index is 6.36. The number of nitrogens with two attached hydrogens (primary N) is 1. The first-order chi connectivity index (χ1) is 10.1. The molecule has 0 radical (unpaired) electrons. The molecule has 4 nitrogen and oxygen atoms in total. The number of aromatic nitrogens is 2. The van der Waals surface area contributed by atoms with E-state index in [9.17, 15) is 0 Å². The normalized spacial score (nSPS) is 11.2. The number of thiazole rings is 1. The lowest BCUT2D eigenvalue weighted by Crippen LogP contribution is -1.98. The van der Waals surface area contributed by atoms with E-state index in [4.69, 9.17) is 15.5 Å². The summed E-state index contributed by atoms with van der Waals surface area (Å²) in [6.45, 7) is 6.29. The SMILES string of the molecule is CCc1c(C)sc2nc(-c3ccc(OC)c(C)c3)c(N)n12. The number of ether oxygens (including phenoxy) is 1. The number of nitrogens with zero attached hydrogens (tertiary/aromatic N) is 2. The average Bonchev–Trinajstić information content (AvgIpc) is 2.94. The molecule has 21 heavy (non-hydrogen) atoms. The van der Waals surface area contributed by atoms with Gasteiger partial charge in [-0.15, -0.1) is 11.3 Å². The minimum atomic E-state index is 0.718. The van der Waals surface area contributed by atoms with Gasteiger partial charge in [0.15, 0.2) is 4.96 Å². The summed E-state index contributed by atoms with van der Waals surface area (Å²) in [6.07, 6.45) is 0.952. The minimum Gasteiger partial charge on any atom is -0.496 e. The van der Waals surface area contributed by atoms with Crippen molar-refractivity contribution in [2.24, 2.45) is 0 Å². The molecule has 1 aromatic carbocycles. The second-order valence-corrected chi connectivity index (χ2v) is 6.29. The molecule has 0 amide bonds. The third-order valence-electron chi connectivity index (χ3n) is 3.81. The van der Waals surface area contributed by atoms with Gasteiger partial charge >= 0.3 is 0 Å². The molecule has 2 heterocycles. The van der Waals surface area contributed by atoms with Gasteiger partial charge in [0.1, 0.15) is 17.3 Å². The van der Waals surface area contributed by atoms with Crippen molar-refractivity contribution in [1.29, 1.82) is 0 Å². The summed E-state index contributed by atoms with van der Waals surface area (Å²) >= 11 is 1.69. The molecule has 0 aliphatic rings. The standard InChI is InChI=1S/C16H19N3OS/c1-5-12-10(3)21-16-18-14(15(17)19(12)16)11-6-7-13(20-4)9(2)8-11/h6-8H,5,17H2,1-4H3. The number of imidazole rings is 1. The molecule has 0 aliphatic carbocycles. The van der Waals surface area contributed by atoms with E-state index in [1.807, 2.05) is 19.1 Å². The van der Waals surface area contributed by atoms with Crippen LogP contribution in [0.25, 0.3) is 16.2 Å². The van der Waals surface area contributed by atoms with Crippen molar-refractivity contribution in [2.45, 2.75) is 27.2 Å². The number of hydrogen-bond donors (Lipinski definition) is 1. The van der Waals surface area contributed by atoms with Gasteiger partial charge in [-0.25, -0.2) is 4.98 Å². The van der Waals surface area contributed by atoms with Gasteiger partial charge in [-0.2, -0.15) is 0 Å². The molecule has 0 saturated carbocycles. The predicted octanol–water partition coefficient (Wildman–Crippen LogP) is 3.83. The molecule has 0 atom stereocenters. The summed E-state index contributed by atoms with van der Waals surface area (Å²) in [5, 5.41) is 0. The van der Waals surface area contributed by atoms with E-state index in [1.165, 1.54) is 10.6 Å².